The van der Waals surface area contributed by atoms with Gasteiger partial charge in [-0.05, 0) is 36.8 Å². The van der Waals surface area contributed by atoms with Gasteiger partial charge in [-0.15, -0.1) is 0 Å². The number of fused-ring (bicyclic) bond motifs is 1. The fraction of sp³-hybridized carbons (Fsp3) is 0.222. The van der Waals surface area contributed by atoms with Crippen LogP contribution in [0.1, 0.15) is 11.4 Å². The smallest absolute Gasteiger partial charge is 0.242 e. The van der Waals surface area contributed by atoms with Gasteiger partial charge in [0.1, 0.15) is 18.2 Å². The van der Waals surface area contributed by atoms with Crippen LogP contribution in [-0.4, -0.2) is 27.4 Å². The highest BCUT2D eigenvalue weighted by molar-refractivity contribution is 5.81. The van der Waals surface area contributed by atoms with Gasteiger partial charge in [-0.1, -0.05) is 24.3 Å². The molecule has 0 N–H and O–H groups in total. The zero-order chi connectivity index (χ0) is 16.4. The van der Waals surface area contributed by atoms with Gasteiger partial charge in [-0.2, -0.15) is 0 Å². The molecule has 0 aliphatic heterocycles. The average molecular weight is 311 g/mol. The summed E-state index contributed by atoms with van der Waals surface area (Å²) in [6.45, 7) is 2.59. The van der Waals surface area contributed by atoms with Crippen molar-refractivity contribution in [3.05, 3.63) is 65.7 Å². The van der Waals surface area contributed by atoms with Crippen molar-refractivity contribution in [2.45, 2.75) is 20.0 Å². The van der Waals surface area contributed by atoms with E-state index in [4.69, 9.17) is 0 Å². The van der Waals surface area contributed by atoms with Gasteiger partial charge in [-0.3, -0.25) is 4.79 Å². The molecule has 0 atom stereocenters. The maximum Gasteiger partial charge on any atom is 0.242 e. The maximum absolute atomic E-state index is 12.9. The van der Waals surface area contributed by atoms with Crippen LogP contribution in [0.5, 0.6) is 0 Å². The van der Waals surface area contributed by atoms with Gasteiger partial charge in [0.05, 0.1) is 11.0 Å². The third-order valence-electron chi connectivity index (χ3n) is 3.90. The predicted octanol–water partition coefficient (Wildman–Crippen LogP) is 3.14. The number of aryl methyl sites for hydroxylation is 1. The van der Waals surface area contributed by atoms with Crippen LogP contribution < -0.4 is 0 Å². The van der Waals surface area contributed by atoms with E-state index in [0.717, 1.165) is 22.4 Å². The van der Waals surface area contributed by atoms with Crippen LogP contribution >= 0.6 is 0 Å². The Kier molecular flexibility index (Phi) is 4.10. The number of carbonyl (C=O) groups excluding carboxylic acids is 1. The molecule has 3 aromatic rings. The molecular formula is C18H18FN3O. The van der Waals surface area contributed by atoms with Gasteiger partial charge >= 0.3 is 0 Å². The van der Waals surface area contributed by atoms with Gasteiger partial charge in [0, 0.05) is 13.6 Å². The summed E-state index contributed by atoms with van der Waals surface area (Å²) in [6, 6.07) is 14.0. The van der Waals surface area contributed by atoms with Crippen LogP contribution in [0, 0.1) is 12.7 Å². The number of nitrogens with zero attached hydrogens (tertiary/aromatic N) is 3. The number of para-hydroxylation sites is 2. The first kappa shape index (κ1) is 15.2. The molecule has 2 aromatic carbocycles. The van der Waals surface area contributed by atoms with Crippen molar-refractivity contribution in [1.82, 2.24) is 14.5 Å². The Morgan fingerprint density at radius 1 is 1.17 bits per heavy atom. The number of benzene rings is 2. The van der Waals surface area contributed by atoms with E-state index in [0.29, 0.717) is 6.54 Å². The molecule has 0 aliphatic rings. The lowest BCUT2D eigenvalue weighted by Crippen LogP contribution is -2.30. The van der Waals surface area contributed by atoms with E-state index in [9.17, 15) is 9.18 Å². The standard InChI is InChI=1S/C18H18FN3O/c1-13-20-16-5-3-4-6-17(16)22(13)12-18(23)21(2)11-14-7-9-15(19)10-8-14/h3-10H,11-12H2,1-2H3. The number of hydrogen-bond donors (Lipinski definition) is 0. The van der Waals surface area contributed by atoms with Crippen LogP contribution in [0.3, 0.4) is 0 Å². The molecule has 4 nitrogen and oxygen atoms in total. The third-order valence-corrected chi connectivity index (χ3v) is 3.90. The number of halogens is 1. The highest BCUT2D eigenvalue weighted by atomic mass is 19.1. The minimum atomic E-state index is -0.275. The molecule has 0 saturated carbocycles. The summed E-state index contributed by atoms with van der Waals surface area (Å²) < 4.78 is 14.9. The summed E-state index contributed by atoms with van der Waals surface area (Å²) >= 11 is 0. The molecule has 0 fully saturated rings. The summed E-state index contributed by atoms with van der Waals surface area (Å²) in [5.74, 6) is 0.526. The number of rotatable bonds is 4. The van der Waals surface area contributed by atoms with Crippen molar-refractivity contribution in [3.8, 4) is 0 Å². The second-order valence-corrected chi connectivity index (χ2v) is 5.61. The lowest BCUT2D eigenvalue weighted by Gasteiger charge is -2.18. The Morgan fingerprint density at radius 2 is 1.87 bits per heavy atom. The normalized spacial score (nSPS) is 10.9. The predicted molar refractivity (Wildman–Crippen MR) is 87.3 cm³/mol. The zero-order valence-electron chi connectivity index (χ0n) is 13.2. The van der Waals surface area contributed by atoms with Crippen molar-refractivity contribution >= 4 is 16.9 Å². The van der Waals surface area contributed by atoms with E-state index in [2.05, 4.69) is 4.98 Å². The first-order valence-corrected chi connectivity index (χ1v) is 7.45. The van der Waals surface area contributed by atoms with Crippen LogP contribution in [0.15, 0.2) is 48.5 Å². The quantitative estimate of drug-likeness (QED) is 0.742. The lowest BCUT2D eigenvalue weighted by molar-refractivity contribution is -0.131. The molecule has 3 rings (SSSR count). The number of aromatic nitrogens is 2. The summed E-state index contributed by atoms with van der Waals surface area (Å²) in [5, 5.41) is 0. The topological polar surface area (TPSA) is 38.1 Å². The number of carbonyl (C=O) groups is 1. The third kappa shape index (κ3) is 3.23. The SMILES string of the molecule is Cc1nc2ccccc2n1CC(=O)N(C)Cc1ccc(F)cc1. The molecule has 0 aliphatic carbocycles. The van der Waals surface area contributed by atoms with Crippen LogP contribution in [0.4, 0.5) is 4.39 Å². The van der Waals surface area contributed by atoms with E-state index < -0.39 is 0 Å². The van der Waals surface area contributed by atoms with Gasteiger partial charge in [0.15, 0.2) is 0 Å². The van der Waals surface area contributed by atoms with Crippen LogP contribution in [0.25, 0.3) is 11.0 Å². The minimum Gasteiger partial charge on any atom is -0.340 e. The number of amides is 1. The van der Waals surface area contributed by atoms with Crippen LogP contribution in [0.2, 0.25) is 0 Å². The fourth-order valence-corrected chi connectivity index (χ4v) is 2.60. The second-order valence-electron chi connectivity index (χ2n) is 5.61. The summed E-state index contributed by atoms with van der Waals surface area (Å²) in [7, 11) is 1.75. The van der Waals surface area contributed by atoms with E-state index in [-0.39, 0.29) is 18.3 Å². The molecule has 23 heavy (non-hydrogen) atoms. The molecule has 1 heterocycles. The summed E-state index contributed by atoms with van der Waals surface area (Å²) in [5.41, 5.74) is 2.74. The largest absolute Gasteiger partial charge is 0.340 e. The Bertz CT molecular complexity index is 839. The molecule has 5 heteroatoms. The van der Waals surface area contributed by atoms with E-state index >= 15 is 0 Å². The van der Waals surface area contributed by atoms with Crippen molar-refractivity contribution in [2.75, 3.05) is 7.05 Å². The zero-order valence-corrected chi connectivity index (χ0v) is 13.2. The van der Waals surface area contributed by atoms with Crippen molar-refractivity contribution in [2.24, 2.45) is 0 Å². The molecule has 0 spiro atoms. The highest BCUT2D eigenvalue weighted by Crippen LogP contribution is 2.16. The first-order valence-electron chi connectivity index (χ1n) is 7.45. The highest BCUT2D eigenvalue weighted by Gasteiger charge is 2.14. The first-order chi connectivity index (χ1) is 11.0. The second kappa shape index (κ2) is 6.20. The molecule has 0 saturated heterocycles. The average Bonchev–Trinajstić information content (AvgIpc) is 2.85. The van der Waals surface area contributed by atoms with Gasteiger partial charge in [0.2, 0.25) is 5.91 Å². The minimum absolute atomic E-state index is 0.0134. The summed E-state index contributed by atoms with van der Waals surface area (Å²) in [6.07, 6.45) is 0. The van der Waals surface area contributed by atoms with E-state index in [1.54, 1.807) is 24.1 Å². The molecule has 118 valence electrons. The lowest BCUT2D eigenvalue weighted by atomic mass is 10.2. The van der Waals surface area contributed by atoms with Gasteiger partial charge in [-0.25, -0.2) is 9.37 Å². The Balaban J connectivity index is 1.75. The monoisotopic (exact) mass is 311 g/mol. The number of imidazole rings is 1. The summed E-state index contributed by atoms with van der Waals surface area (Å²) in [4.78, 5) is 18.6. The molecule has 1 amide bonds. The van der Waals surface area contributed by atoms with Crippen molar-refractivity contribution < 1.29 is 9.18 Å². The Labute approximate surface area is 134 Å². The molecule has 0 bridgehead atoms. The molecule has 1 aromatic heterocycles. The van der Waals surface area contributed by atoms with Gasteiger partial charge in [0.25, 0.3) is 0 Å². The Hall–Kier alpha value is -2.69. The number of likely N-dealkylation sites (N-methyl/N-ethyl adjacent to an activating group) is 1. The molecule has 0 radical (unpaired) electrons. The van der Waals surface area contributed by atoms with Crippen molar-refractivity contribution in [1.29, 1.82) is 0 Å². The van der Waals surface area contributed by atoms with Crippen LogP contribution in [-0.2, 0) is 17.9 Å². The molecule has 0 unspecified atom stereocenters. The maximum atomic E-state index is 12.9. The van der Waals surface area contributed by atoms with Crippen molar-refractivity contribution in [3.63, 3.8) is 0 Å². The van der Waals surface area contributed by atoms with Gasteiger partial charge < -0.3 is 9.47 Å². The van der Waals surface area contributed by atoms with E-state index in [1.807, 2.05) is 35.8 Å². The number of hydrogen-bond acceptors (Lipinski definition) is 2. The molecular weight excluding hydrogens is 293 g/mol. The van der Waals surface area contributed by atoms with E-state index in [1.165, 1.54) is 12.1 Å². The fourth-order valence-electron chi connectivity index (χ4n) is 2.60. The Morgan fingerprint density at radius 3 is 2.61 bits per heavy atom.